The summed E-state index contributed by atoms with van der Waals surface area (Å²) in [6, 6.07) is 12.8. The van der Waals surface area contributed by atoms with Crippen LogP contribution in [0.2, 0.25) is 0 Å². The molecule has 38 heavy (non-hydrogen) atoms. The average Bonchev–Trinajstić information content (AvgIpc) is 3.48. The lowest BCUT2D eigenvalue weighted by Gasteiger charge is -2.48. The summed E-state index contributed by atoms with van der Waals surface area (Å²) in [5.41, 5.74) is 0.793. The first-order valence-corrected chi connectivity index (χ1v) is 13.6. The molecule has 4 aromatic rings. The van der Waals surface area contributed by atoms with Crippen LogP contribution in [0.25, 0.3) is 22.3 Å². The zero-order chi connectivity index (χ0) is 27.1. The number of carbonyl (C=O) groups excluding carboxylic acids is 1. The summed E-state index contributed by atoms with van der Waals surface area (Å²) in [7, 11) is -3.72. The van der Waals surface area contributed by atoms with Crippen LogP contribution in [-0.4, -0.2) is 61.8 Å². The summed E-state index contributed by atoms with van der Waals surface area (Å²) in [5, 5.41) is 14.5. The second-order valence-corrected chi connectivity index (χ2v) is 12.2. The predicted octanol–water partition coefficient (Wildman–Crippen LogP) is 3.53. The molecule has 3 aromatic heterocycles. The zero-order valence-corrected chi connectivity index (χ0v) is 22.1. The lowest BCUT2D eigenvalue weighted by atomic mass is 9.87. The van der Waals surface area contributed by atoms with Crippen molar-refractivity contribution in [3.8, 4) is 17.3 Å². The van der Waals surface area contributed by atoms with Crippen molar-refractivity contribution in [3.63, 3.8) is 0 Å². The van der Waals surface area contributed by atoms with Crippen LogP contribution in [0.5, 0.6) is 0 Å². The van der Waals surface area contributed by atoms with Crippen molar-refractivity contribution >= 4 is 27.1 Å². The molecule has 0 saturated carbocycles. The van der Waals surface area contributed by atoms with E-state index in [-0.39, 0.29) is 30.9 Å². The van der Waals surface area contributed by atoms with Crippen LogP contribution in [-0.2, 0) is 26.1 Å². The van der Waals surface area contributed by atoms with Gasteiger partial charge in [0.25, 0.3) is 0 Å². The molecule has 1 aliphatic heterocycles. The number of nitriles is 1. The van der Waals surface area contributed by atoms with Gasteiger partial charge in [-0.15, -0.1) is 0 Å². The smallest absolute Gasteiger partial charge is 0.410 e. The number of likely N-dealkylation sites (tertiary alicyclic amines) is 1. The van der Waals surface area contributed by atoms with Crippen LogP contribution in [0.4, 0.5) is 4.79 Å². The predicted molar refractivity (Wildman–Crippen MR) is 139 cm³/mol. The third-order valence-corrected chi connectivity index (χ3v) is 7.90. The molecule has 1 aliphatic rings. The van der Waals surface area contributed by atoms with Crippen molar-refractivity contribution in [2.75, 3.05) is 13.1 Å². The highest BCUT2D eigenvalue weighted by atomic mass is 32.2. The topological polar surface area (TPSA) is 136 Å². The van der Waals surface area contributed by atoms with Gasteiger partial charge < -0.3 is 9.64 Å². The van der Waals surface area contributed by atoms with E-state index in [1.165, 1.54) is 16.5 Å². The minimum Gasteiger partial charge on any atom is -0.444 e. The third-order valence-electron chi connectivity index (χ3n) is 6.31. The fourth-order valence-corrected chi connectivity index (χ4v) is 5.95. The molecule has 0 unspecified atom stereocenters. The minimum atomic E-state index is -3.72. The van der Waals surface area contributed by atoms with Crippen LogP contribution in [0, 0.1) is 11.3 Å². The monoisotopic (exact) mass is 533 g/mol. The number of benzene rings is 1. The van der Waals surface area contributed by atoms with Gasteiger partial charge in [0, 0.05) is 23.3 Å². The number of aromatic nitrogens is 5. The van der Waals surface area contributed by atoms with Gasteiger partial charge in [-0.05, 0) is 32.4 Å². The Kier molecular flexibility index (Phi) is 6.19. The number of ether oxygens (including phenoxy) is 1. The van der Waals surface area contributed by atoms with Crippen LogP contribution >= 0.6 is 0 Å². The van der Waals surface area contributed by atoms with Crippen molar-refractivity contribution in [2.45, 2.75) is 44.1 Å². The summed E-state index contributed by atoms with van der Waals surface area (Å²) in [5.74, 6) is -0.167. The molecule has 1 fully saturated rings. The van der Waals surface area contributed by atoms with Gasteiger partial charge in [0.15, 0.2) is 5.65 Å². The highest BCUT2D eigenvalue weighted by molar-refractivity contribution is 7.89. The molecule has 1 aromatic carbocycles. The van der Waals surface area contributed by atoms with Gasteiger partial charge >= 0.3 is 6.09 Å². The molecule has 0 radical (unpaired) electrons. The lowest BCUT2D eigenvalue weighted by Crippen LogP contribution is -2.64. The minimum absolute atomic E-state index is 0.153. The lowest BCUT2D eigenvalue weighted by molar-refractivity contribution is -0.0314. The van der Waals surface area contributed by atoms with Gasteiger partial charge in [-0.3, -0.25) is 4.68 Å². The molecule has 196 valence electrons. The summed E-state index contributed by atoms with van der Waals surface area (Å²) in [6.45, 7) is 5.97. The third kappa shape index (κ3) is 4.72. The largest absolute Gasteiger partial charge is 0.444 e. The highest BCUT2D eigenvalue weighted by Crippen LogP contribution is 2.35. The van der Waals surface area contributed by atoms with E-state index in [4.69, 9.17) is 4.74 Å². The quantitative estimate of drug-likeness (QED) is 0.367. The number of carbonyl (C=O) groups is 1. The molecular formula is C26H27N7O4S. The van der Waals surface area contributed by atoms with E-state index in [2.05, 4.69) is 21.1 Å². The second kappa shape index (κ2) is 9.25. The van der Waals surface area contributed by atoms with Crippen LogP contribution in [0.15, 0.2) is 61.3 Å². The Hall–Kier alpha value is -4.24. The second-order valence-electron chi connectivity index (χ2n) is 10.4. The maximum Gasteiger partial charge on any atom is 0.410 e. The van der Waals surface area contributed by atoms with Crippen LogP contribution < -0.4 is 0 Å². The molecule has 0 N–H and O–H groups in total. The Balaban J connectivity index is 1.43. The molecule has 0 atom stereocenters. The molecule has 1 amide bonds. The molecule has 12 heteroatoms. The summed E-state index contributed by atoms with van der Waals surface area (Å²) in [6.07, 6.45) is 5.90. The van der Waals surface area contributed by atoms with Crippen molar-refractivity contribution < 1.29 is 17.9 Å². The van der Waals surface area contributed by atoms with Gasteiger partial charge in [-0.1, -0.05) is 30.3 Å². The zero-order valence-electron chi connectivity index (χ0n) is 21.3. The van der Waals surface area contributed by atoms with Gasteiger partial charge in [-0.2, -0.15) is 10.4 Å². The van der Waals surface area contributed by atoms with Crippen molar-refractivity contribution in [3.05, 3.63) is 66.9 Å². The molecular weight excluding hydrogens is 506 g/mol. The highest BCUT2D eigenvalue weighted by Gasteiger charge is 2.48. The molecule has 0 bridgehead atoms. The van der Waals surface area contributed by atoms with E-state index in [1.807, 2.05) is 6.07 Å². The Morgan fingerprint density at radius 2 is 1.89 bits per heavy atom. The van der Waals surface area contributed by atoms with Gasteiger partial charge in [0.05, 0.1) is 43.2 Å². The van der Waals surface area contributed by atoms with Crippen molar-refractivity contribution in [2.24, 2.45) is 0 Å². The maximum atomic E-state index is 13.2. The first-order chi connectivity index (χ1) is 18.0. The Labute approximate surface area is 220 Å². The van der Waals surface area contributed by atoms with Gasteiger partial charge in [0.2, 0.25) is 10.0 Å². The number of rotatable bonds is 6. The Bertz CT molecular complexity index is 1640. The standard InChI is InChI=1S/C26H27N7O4S/c1-25(2,3)37-24(34)31-16-26(17-31,10-11-27)33-14-20(13-30-33)22-21-9-12-32(23(21)29-18-28-22)38(35,36)15-19-7-5-4-6-8-19/h4-9,12-14,18H,10,15-17H2,1-3H3. The molecule has 5 rings (SSSR count). The summed E-state index contributed by atoms with van der Waals surface area (Å²) < 4.78 is 34.6. The number of hydrogen-bond donors (Lipinski definition) is 0. The van der Waals surface area contributed by atoms with E-state index in [9.17, 15) is 18.5 Å². The fourth-order valence-electron chi connectivity index (χ4n) is 4.55. The summed E-state index contributed by atoms with van der Waals surface area (Å²) in [4.78, 5) is 22.7. The van der Waals surface area contributed by atoms with Crippen molar-refractivity contribution in [1.82, 2.24) is 28.6 Å². The van der Waals surface area contributed by atoms with E-state index in [1.54, 1.807) is 73.1 Å². The normalized spacial score (nSPS) is 15.2. The number of hydrogen-bond acceptors (Lipinski definition) is 8. The summed E-state index contributed by atoms with van der Waals surface area (Å²) >= 11 is 0. The Morgan fingerprint density at radius 3 is 2.58 bits per heavy atom. The van der Waals surface area contributed by atoms with Crippen LogP contribution in [0.3, 0.4) is 0 Å². The first-order valence-electron chi connectivity index (χ1n) is 12.0. The van der Waals surface area contributed by atoms with Crippen LogP contribution in [0.1, 0.15) is 32.8 Å². The molecule has 0 spiro atoms. The fraction of sp³-hybridized carbons (Fsp3) is 0.346. The average molecular weight is 534 g/mol. The molecule has 11 nitrogen and oxygen atoms in total. The number of fused-ring (bicyclic) bond motifs is 1. The molecule has 1 saturated heterocycles. The molecule has 0 aliphatic carbocycles. The Morgan fingerprint density at radius 1 is 1.16 bits per heavy atom. The molecule has 4 heterocycles. The SMILES string of the molecule is CC(C)(C)OC(=O)N1CC(CC#N)(n2cc(-c3ncnc4c3ccn4S(=O)(=O)Cc3ccccc3)cn2)C1. The van der Waals surface area contributed by atoms with Gasteiger partial charge in [-0.25, -0.2) is 27.2 Å². The van der Waals surface area contributed by atoms with E-state index >= 15 is 0 Å². The van der Waals surface area contributed by atoms with E-state index in [0.29, 0.717) is 22.2 Å². The number of amides is 1. The van der Waals surface area contributed by atoms with E-state index < -0.39 is 27.3 Å². The first kappa shape index (κ1) is 25.4. The van der Waals surface area contributed by atoms with Crippen molar-refractivity contribution in [1.29, 1.82) is 5.26 Å². The maximum absolute atomic E-state index is 13.2. The van der Waals surface area contributed by atoms with Gasteiger partial charge in [0.1, 0.15) is 17.5 Å². The van der Waals surface area contributed by atoms with E-state index in [0.717, 1.165) is 0 Å². The number of nitrogens with zero attached hydrogens (tertiary/aromatic N) is 7.